The van der Waals surface area contributed by atoms with Crippen LogP contribution >= 0.6 is 0 Å². The van der Waals surface area contributed by atoms with Crippen LogP contribution in [0.3, 0.4) is 0 Å². The maximum atomic E-state index is 12.9. The van der Waals surface area contributed by atoms with E-state index in [-0.39, 0.29) is 31.2 Å². The molecule has 5 nitrogen and oxygen atoms in total. The molecule has 0 bridgehead atoms. The van der Waals surface area contributed by atoms with Gasteiger partial charge in [-0.2, -0.15) is 0 Å². The maximum absolute atomic E-state index is 12.9. The summed E-state index contributed by atoms with van der Waals surface area (Å²) >= 11 is 0. The number of benzene rings is 2. The van der Waals surface area contributed by atoms with E-state index in [2.05, 4.69) is 5.32 Å². The summed E-state index contributed by atoms with van der Waals surface area (Å²) < 4.78 is 38.1. The Kier molecular flexibility index (Phi) is 7.94. The normalized spacial score (nSPS) is 11.5. The van der Waals surface area contributed by atoms with Gasteiger partial charge in [0.15, 0.2) is 0 Å². The molecule has 0 radical (unpaired) electrons. The molecule has 0 unspecified atom stereocenters. The van der Waals surface area contributed by atoms with Crippen LogP contribution < -0.4 is 5.32 Å². The van der Waals surface area contributed by atoms with Crippen LogP contribution in [0.25, 0.3) is 0 Å². The van der Waals surface area contributed by atoms with Gasteiger partial charge >= 0.3 is 0 Å². The van der Waals surface area contributed by atoms with Crippen LogP contribution in [0, 0.1) is 5.82 Å². The van der Waals surface area contributed by atoms with Crippen molar-refractivity contribution in [1.29, 1.82) is 0 Å². The Hall–Kier alpha value is -2.25. The second-order valence-electron chi connectivity index (χ2n) is 6.40. The van der Waals surface area contributed by atoms with Crippen LogP contribution in [0.4, 0.5) is 4.39 Å². The van der Waals surface area contributed by atoms with Gasteiger partial charge in [-0.05, 0) is 36.1 Å². The highest BCUT2D eigenvalue weighted by Gasteiger charge is 2.17. The molecule has 0 saturated carbocycles. The van der Waals surface area contributed by atoms with Gasteiger partial charge in [0.2, 0.25) is 15.9 Å². The highest BCUT2D eigenvalue weighted by Crippen LogP contribution is 2.07. The Bertz CT molecular complexity index is 824. The van der Waals surface area contributed by atoms with Crippen molar-refractivity contribution in [3.8, 4) is 0 Å². The molecule has 1 N–H and O–H groups in total. The molecule has 0 aliphatic heterocycles. The zero-order valence-electron chi connectivity index (χ0n) is 15.4. The molecule has 0 aliphatic carbocycles. The van der Waals surface area contributed by atoms with E-state index < -0.39 is 10.0 Å². The quantitative estimate of drug-likeness (QED) is 0.676. The van der Waals surface area contributed by atoms with Crippen molar-refractivity contribution < 1.29 is 17.6 Å². The second-order valence-corrected chi connectivity index (χ2v) is 8.39. The molecule has 0 heterocycles. The van der Waals surface area contributed by atoms with Gasteiger partial charge in [0, 0.05) is 26.1 Å². The third-order valence-electron chi connectivity index (χ3n) is 4.18. The summed E-state index contributed by atoms with van der Waals surface area (Å²) in [7, 11) is -3.38. The molecule has 1 amide bonds. The smallest absolute Gasteiger partial charge is 0.221 e. The van der Waals surface area contributed by atoms with E-state index in [0.717, 1.165) is 23.8 Å². The number of sulfonamides is 1. The number of amides is 1. The Balaban J connectivity index is 1.77. The predicted octanol–water partition coefficient (Wildman–Crippen LogP) is 2.73. The molecule has 0 aliphatic rings. The van der Waals surface area contributed by atoms with Crippen molar-refractivity contribution in [2.45, 2.75) is 25.8 Å². The van der Waals surface area contributed by atoms with Crippen molar-refractivity contribution in [1.82, 2.24) is 9.62 Å². The summed E-state index contributed by atoms with van der Waals surface area (Å²) in [6.07, 6.45) is 2.71. The lowest BCUT2D eigenvalue weighted by molar-refractivity contribution is -0.121. The number of nitrogens with one attached hydrogen (secondary N) is 1. The number of carbonyl (C=O) groups is 1. The van der Waals surface area contributed by atoms with Gasteiger partial charge in [0.1, 0.15) is 5.82 Å². The number of hydrogen-bond donors (Lipinski definition) is 1. The molecule has 146 valence electrons. The van der Waals surface area contributed by atoms with Gasteiger partial charge in [-0.1, -0.05) is 42.5 Å². The minimum absolute atomic E-state index is 0.0829. The molecule has 0 fully saturated rings. The van der Waals surface area contributed by atoms with Crippen molar-refractivity contribution in [2.75, 3.05) is 19.3 Å². The Morgan fingerprint density at radius 1 is 1.00 bits per heavy atom. The Morgan fingerprint density at radius 2 is 1.67 bits per heavy atom. The van der Waals surface area contributed by atoms with Crippen LogP contribution in [0.2, 0.25) is 0 Å². The maximum Gasteiger partial charge on any atom is 0.221 e. The third-order valence-corrected chi connectivity index (χ3v) is 5.48. The van der Waals surface area contributed by atoms with Gasteiger partial charge < -0.3 is 5.32 Å². The average molecular weight is 392 g/mol. The highest BCUT2D eigenvalue weighted by molar-refractivity contribution is 7.88. The topological polar surface area (TPSA) is 66.5 Å². The van der Waals surface area contributed by atoms with Crippen molar-refractivity contribution in [3.05, 3.63) is 71.5 Å². The van der Waals surface area contributed by atoms with E-state index in [4.69, 9.17) is 0 Å². The van der Waals surface area contributed by atoms with Crippen LogP contribution in [0.5, 0.6) is 0 Å². The number of aryl methyl sites for hydroxylation is 1. The fourth-order valence-corrected chi connectivity index (χ4v) is 3.55. The first-order chi connectivity index (χ1) is 12.8. The van der Waals surface area contributed by atoms with E-state index in [9.17, 15) is 17.6 Å². The summed E-state index contributed by atoms with van der Waals surface area (Å²) in [5, 5.41) is 2.72. The highest BCUT2D eigenvalue weighted by atomic mass is 32.2. The molecule has 0 atom stereocenters. The molecule has 0 aromatic heterocycles. The summed E-state index contributed by atoms with van der Waals surface area (Å²) in [4.78, 5) is 12.0. The minimum atomic E-state index is -3.38. The first-order valence-corrected chi connectivity index (χ1v) is 10.7. The zero-order chi connectivity index (χ0) is 19.7. The predicted molar refractivity (Wildman–Crippen MR) is 104 cm³/mol. The lowest BCUT2D eigenvalue weighted by Crippen LogP contribution is -2.35. The van der Waals surface area contributed by atoms with Gasteiger partial charge in [0.25, 0.3) is 0 Å². The van der Waals surface area contributed by atoms with Gasteiger partial charge in [-0.25, -0.2) is 17.1 Å². The first kappa shape index (κ1) is 21.1. The standard InChI is InChI=1S/C20H25FN2O3S/c1-27(25,26)23(14-5-8-17-6-3-2-4-7-17)15-13-20(24)22-16-18-9-11-19(21)12-10-18/h2-4,6-7,9-12H,5,8,13-16H2,1H3,(H,22,24). The van der Waals surface area contributed by atoms with E-state index >= 15 is 0 Å². The van der Waals surface area contributed by atoms with Crippen molar-refractivity contribution in [2.24, 2.45) is 0 Å². The van der Waals surface area contributed by atoms with Gasteiger partial charge in [-0.15, -0.1) is 0 Å². The molecular formula is C20H25FN2O3S. The Morgan fingerprint density at radius 3 is 2.30 bits per heavy atom. The molecule has 2 rings (SSSR count). The number of halogens is 1. The van der Waals surface area contributed by atoms with E-state index in [1.54, 1.807) is 12.1 Å². The monoisotopic (exact) mass is 392 g/mol. The Labute approximate surface area is 160 Å². The van der Waals surface area contributed by atoms with Gasteiger partial charge in [0.05, 0.1) is 6.26 Å². The van der Waals surface area contributed by atoms with Crippen molar-refractivity contribution in [3.63, 3.8) is 0 Å². The number of nitrogens with zero attached hydrogens (tertiary/aromatic N) is 1. The SMILES string of the molecule is CS(=O)(=O)N(CCCc1ccccc1)CCC(=O)NCc1ccc(F)cc1. The lowest BCUT2D eigenvalue weighted by atomic mass is 10.1. The molecular weight excluding hydrogens is 367 g/mol. The summed E-state index contributed by atoms with van der Waals surface area (Å²) in [5.74, 6) is -0.569. The molecule has 7 heteroatoms. The number of rotatable bonds is 10. The molecule has 2 aromatic carbocycles. The van der Waals surface area contributed by atoms with Crippen LogP contribution in [0.15, 0.2) is 54.6 Å². The molecule has 27 heavy (non-hydrogen) atoms. The first-order valence-electron chi connectivity index (χ1n) is 8.85. The lowest BCUT2D eigenvalue weighted by Gasteiger charge is -2.19. The fourth-order valence-electron chi connectivity index (χ4n) is 2.67. The number of carbonyl (C=O) groups excluding carboxylic acids is 1. The van der Waals surface area contributed by atoms with Crippen molar-refractivity contribution >= 4 is 15.9 Å². The number of hydrogen-bond acceptors (Lipinski definition) is 3. The van der Waals surface area contributed by atoms with Crippen LogP contribution in [-0.4, -0.2) is 38.0 Å². The summed E-state index contributed by atoms with van der Waals surface area (Å²) in [6, 6.07) is 15.7. The summed E-state index contributed by atoms with van der Waals surface area (Å²) in [6.45, 7) is 0.799. The summed E-state index contributed by atoms with van der Waals surface area (Å²) in [5.41, 5.74) is 1.94. The third kappa shape index (κ3) is 7.88. The average Bonchev–Trinajstić information content (AvgIpc) is 2.64. The molecule has 0 saturated heterocycles. The van der Waals surface area contributed by atoms with E-state index in [0.29, 0.717) is 13.0 Å². The van der Waals surface area contributed by atoms with E-state index in [1.165, 1.54) is 16.4 Å². The van der Waals surface area contributed by atoms with Crippen LogP contribution in [-0.2, 0) is 27.8 Å². The van der Waals surface area contributed by atoms with E-state index in [1.807, 2.05) is 30.3 Å². The second kappa shape index (κ2) is 10.2. The van der Waals surface area contributed by atoms with Crippen LogP contribution in [0.1, 0.15) is 24.0 Å². The minimum Gasteiger partial charge on any atom is -0.352 e. The largest absolute Gasteiger partial charge is 0.352 e. The zero-order valence-corrected chi connectivity index (χ0v) is 16.2. The fraction of sp³-hybridized carbons (Fsp3) is 0.350. The van der Waals surface area contributed by atoms with Gasteiger partial charge in [-0.3, -0.25) is 4.79 Å². The molecule has 2 aromatic rings. The molecule has 0 spiro atoms.